The first-order valence-corrected chi connectivity index (χ1v) is 38.4. The summed E-state index contributed by atoms with van der Waals surface area (Å²) in [6, 6.07) is 0. The van der Waals surface area contributed by atoms with Gasteiger partial charge in [0, 0.05) is 0 Å². The Morgan fingerprint density at radius 2 is 0.380 bits per heavy atom. The summed E-state index contributed by atoms with van der Waals surface area (Å²) in [5.74, 6) is -0.232. The highest BCUT2D eigenvalue weighted by Crippen LogP contribution is 2.21. The Balaban J connectivity index is 4.69. The fourth-order valence-electron chi connectivity index (χ4n) is 12.0. The summed E-state index contributed by atoms with van der Waals surface area (Å²) in [6.07, 6.45) is 100. The summed E-state index contributed by atoms with van der Waals surface area (Å²) in [5.41, 5.74) is 0. The number of quaternary nitrogens is 1. The highest BCUT2D eigenvalue weighted by Gasteiger charge is 2.22. The third-order valence-electron chi connectivity index (χ3n) is 17.6. The van der Waals surface area contributed by atoms with E-state index in [4.69, 9.17) is 0 Å². The Kier molecular flexibility index (Phi) is 65.5. The van der Waals surface area contributed by atoms with Crippen molar-refractivity contribution in [3.63, 3.8) is 0 Å². The lowest BCUT2D eigenvalue weighted by atomic mass is 10.0. The van der Waals surface area contributed by atoms with Gasteiger partial charge in [-0.25, -0.2) is 4.48 Å². The first-order valence-electron chi connectivity index (χ1n) is 36.7. The summed E-state index contributed by atoms with van der Waals surface area (Å²) in [6.45, 7) is 7.24. The highest BCUT2D eigenvalue weighted by atomic mass is 32.2. The van der Waals surface area contributed by atoms with Crippen molar-refractivity contribution >= 4 is 10.1 Å². The molecule has 5 heteroatoms. The Morgan fingerprint density at radius 1 is 0.241 bits per heavy atom. The van der Waals surface area contributed by atoms with Crippen LogP contribution in [0.15, 0.2) is 36.8 Å². The average molecular weight is 1130 g/mol. The van der Waals surface area contributed by atoms with Crippen LogP contribution in [-0.4, -0.2) is 29.8 Å². The summed E-state index contributed by atoms with van der Waals surface area (Å²) in [4.78, 5) is 0. The molecule has 0 aromatic heterocycles. The van der Waals surface area contributed by atoms with Gasteiger partial charge in [0.25, 0.3) is 10.1 Å². The minimum Gasteiger partial charge on any atom is -0.285 e. The summed E-state index contributed by atoms with van der Waals surface area (Å²) < 4.78 is 34.6. The molecule has 0 heterocycles. The van der Waals surface area contributed by atoms with Crippen LogP contribution in [0.5, 0.6) is 0 Å². The van der Waals surface area contributed by atoms with E-state index >= 15 is 0 Å². The van der Waals surface area contributed by atoms with E-state index in [0.29, 0.717) is 11.0 Å². The Morgan fingerprint density at radius 3 is 0.519 bits per heavy atom. The van der Waals surface area contributed by atoms with Gasteiger partial charge in [-0.15, -0.1) is 0 Å². The smallest absolute Gasteiger partial charge is 0.270 e. The first-order chi connectivity index (χ1) is 38.9. The minimum atomic E-state index is -4.07. The zero-order valence-electron chi connectivity index (χ0n) is 54.5. The molecule has 4 nitrogen and oxygen atoms in total. The molecule has 1 N–H and O–H groups in total. The molecule has 0 amide bonds. The van der Waals surface area contributed by atoms with Crippen LogP contribution in [0.2, 0.25) is 0 Å². The van der Waals surface area contributed by atoms with E-state index in [0.717, 1.165) is 19.3 Å². The van der Waals surface area contributed by atoms with Gasteiger partial charge in [-0.1, -0.05) is 387 Å². The van der Waals surface area contributed by atoms with Gasteiger partial charge in [0.2, 0.25) is 0 Å². The van der Waals surface area contributed by atoms with Gasteiger partial charge in [0.05, 0.1) is 0 Å². The van der Waals surface area contributed by atoms with Crippen LogP contribution in [-0.2, 0) is 10.1 Å². The molecule has 0 rings (SSSR count). The van der Waals surface area contributed by atoms with E-state index in [-0.39, 0.29) is 5.75 Å². The lowest BCUT2D eigenvalue weighted by Gasteiger charge is -2.26. The molecule has 79 heavy (non-hydrogen) atoms. The van der Waals surface area contributed by atoms with Crippen LogP contribution < -0.4 is 0 Å². The van der Waals surface area contributed by atoms with Gasteiger partial charge in [0.15, 0.2) is 0 Å². The van der Waals surface area contributed by atoms with Crippen LogP contribution in [0.3, 0.4) is 0 Å². The van der Waals surface area contributed by atoms with Crippen molar-refractivity contribution in [2.75, 3.05) is 12.3 Å². The molecule has 0 aliphatic heterocycles. The van der Waals surface area contributed by atoms with Crippen molar-refractivity contribution in [3.05, 3.63) is 36.8 Å². The van der Waals surface area contributed by atoms with E-state index < -0.39 is 10.1 Å². The molecule has 0 atom stereocenters. The molecular weight excluding hydrogens is 983 g/mol. The lowest BCUT2D eigenvalue weighted by molar-refractivity contribution is -0.770. The second-order valence-corrected chi connectivity index (χ2v) is 27.2. The van der Waals surface area contributed by atoms with E-state index in [1.807, 2.05) is 0 Å². The van der Waals surface area contributed by atoms with Gasteiger partial charge in [-0.2, -0.15) is 8.42 Å². The third kappa shape index (κ3) is 66.1. The maximum atomic E-state index is 12.2. The number of unbranched alkanes of at least 4 members (excludes halogenated alkanes) is 60. The summed E-state index contributed by atoms with van der Waals surface area (Å²) in [7, 11) is -4.07. The van der Waals surface area contributed by atoms with Crippen molar-refractivity contribution in [2.45, 2.75) is 425 Å². The molecule has 0 fully saturated rings. The maximum absolute atomic E-state index is 12.2. The molecule has 0 bridgehead atoms. The number of rotatable bonds is 69. The second kappa shape index (κ2) is 66.2. The zero-order valence-corrected chi connectivity index (χ0v) is 55.4. The van der Waals surface area contributed by atoms with Crippen molar-refractivity contribution in [1.29, 1.82) is 0 Å². The average Bonchev–Trinajstić information content (AvgIpc) is 3.44. The van der Waals surface area contributed by atoms with E-state index in [1.165, 1.54) is 385 Å². The molecule has 0 spiro atoms. The quantitative estimate of drug-likeness (QED) is 0.0375. The third-order valence-corrected chi connectivity index (χ3v) is 18.3. The van der Waals surface area contributed by atoms with Crippen LogP contribution in [0.25, 0.3) is 0 Å². The van der Waals surface area contributed by atoms with Gasteiger partial charge in [-0.05, 0) is 56.8 Å². The largest absolute Gasteiger partial charge is 0.285 e. The topological polar surface area (TPSA) is 54.4 Å². The first kappa shape index (κ1) is 78.1. The normalized spacial score (nSPS) is 12.5. The standard InChI is InChI=1S/C74H145NO3S/c1-4-7-10-13-16-19-22-25-28-31-34-37-40-43-46-49-52-55-58-61-64-67-70-75(73-74-79(76,77)78,71-68-65-62-59-56-53-50-47-44-41-38-35-32-29-26-23-20-17-14-11-8-5-2)72-69-66-63-60-57-54-51-48-45-42-39-36-33-30-27-24-21-18-15-12-9-6-3/h67-72H,4-66,73-74H2,1-3H3/p+1/b70-67+,71-68+,72-69+. The van der Waals surface area contributed by atoms with Gasteiger partial charge in [0.1, 0.15) is 30.9 Å². The monoisotopic (exact) mass is 1130 g/mol. The van der Waals surface area contributed by atoms with Crippen molar-refractivity contribution in [1.82, 2.24) is 0 Å². The molecule has 0 saturated carbocycles. The Labute approximate surface area is 499 Å². The molecule has 0 aliphatic rings. The van der Waals surface area contributed by atoms with E-state index in [9.17, 15) is 13.0 Å². The molecule has 0 saturated heterocycles. The fourth-order valence-corrected chi connectivity index (χ4v) is 12.6. The molecule has 0 aliphatic carbocycles. The van der Waals surface area contributed by atoms with Crippen LogP contribution >= 0.6 is 0 Å². The minimum absolute atomic E-state index is 0.232. The number of nitrogens with zero attached hydrogens (tertiary/aromatic N) is 1. The second-order valence-electron chi connectivity index (χ2n) is 25.7. The number of allylic oxidation sites excluding steroid dienone is 3. The molecule has 470 valence electrons. The molecule has 0 aromatic carbocycles. The van der Waals surface area contributed by atoms with E-state index in [1.54, 1.807) is 0 Å². The van der Waals surface area contributed by atoms with Gasteiger partial charge >= 0.3 is 0 Å². The predicted octanol–water partition coefficient (Wildman–Crippen LogP) is 26.9. The number of hydrogen-bond donors (Lipinski definition) is 1. The van der Waals surface area contributed by atoms with Gasteiger partial charge < -0.3 is 0 Å². The number of hydrogen-bond acceptors (Lipinski definition) is 2. The highest BCUT2D eigenvalue weighted by molar-refractivity contribution is 7.85. The fraction of sp³-hybridized carbons (Fsp3) is 0.919. The van der Waals surface area contributed by atoms with Crippen molar-refractivity contribution in [3.8, 4) is 0 Å². The van der Waals surface area contributed by atoms with Crippen LogP contribution in [0.4, 0.5) is 0 Å². The zero-order chi connectivity index (χ0) is 57.2. The SMILES string of the molecule is CCCCCCCCCCCCCCCCCCCCCC/C=C/[N+](/C=C/CCCCCCCCCCCCCCCCCCCCCC)(/C=C/CCCCCCCCCCCCCCCCCCCCCC)CCS(=O)(=O)O. The van der Waals surface area contributed by atoms with E-state index in [2.05, 4.69) is 57.6 Å². The van der Waals surface area contributed by atoms with Gasteiger partial charge in [-0.3, -0.25) is 4.55 Å². The predicted molar refractivity (Wildman–Crippen MR) is 357 cm³/mol. The Bertz CT molecular complexity index is 1210. The molecular formula is C74H146NO3S+. The maximum Gasteiger partial charge on any atom is 0.270 e. The van der Waals surface area contributed by atoms with Crippen molar-refractivity contribution < 1.29 is 17.5 Å². The molecule has 0 unspecified atom stereocenters. The molecule has 0 radical (unpaired) electrons. The van der Waals surface area contributed by atoms with Crippen molar-refractivity contribution in [2.24, 2.45) is 0 Å². The van der Waals surface area contributed by atoms with Crippen LogP contribution in [0.1, 0.15) is 425 Å². The lowest BCUT2D eigenvalue weighted by Crippen LogP contribution is -2.35. The molecule has 0 aromatic rings. The van der Waals surface area contributed by atoms with Crippen LogP contribution in [0, 0.1) is 0 Å². The Hall–Kier alpha value is -0.910. The summed E-state index contributed by atoms with van der Waals surface area (Å²) in [5, 5.41) is 0. The summed E-state index contributed by atoms with van der Waals surface area (Å²) >= 11 is 0.